The van der Waals surface area contributed by atoms with Crippen LogP contribution in [-0.4, -0.2) is 29.3 Å². The number of carboxylic acid groups (broad SMARTS) is 1. The van der Waals surface area contributed by atoms with Gasteiger partial charge < -0.3 is 15.5 Å². The average molecular weight is 195 g/mol. The molecule has 0 aliphatic carbocycles. The van der Waals surface area contributed by atoms with Crippen LogP contribution < -0.4 is 5.32 Å². The number of nitrogens with one attached hydrogen (secondary N) is 1. The van der Waals surface area contributed by atoms with Gasteiger partial charge in [0.2, 0.25) is 0 Å². The number of aliphatic hydroxyl groups excluding tert-OH is 1. The molecule has 1 aromatic carbocycles. The van der Waals surface area contributed by atoms with Gasteiger partial charge in [-0.25, -0.2) is 4.79 Å². The van der Waals surface area contributed by atoms with Crippen LogP contribution in [0.15, 0.2) is 30.3 Å². The smallest absolute Gasteiger partial charge is 0.334 e. The topological polar surface area (TPSA) is 69.6 Å². The molecule has 0 amide bonds. The Labute approximate surface area is 82.2 Å². The third-order valence-corrected chi connectivity index (χ3v) is 2.04. The van der Waals surface area contributed by atoms with Gasteiger partial charge in [0.05, 0.1) is 6.04 Å². The molecule has 0 saturated carbocycles. The zero-order valence-corrected chi connectivity index (χ0v) is 7.84. The van der Waals surface area contributed by atoms with E-state index in [9.17, 15) is 9.90 Å². The summed E-state index contributed by atoms with van der Waals surface area (Å²) in [6.07, 6.45) is -1.43. The highest BCUT2D eigenvalue weighted by atomic mass is 16.4. The summed E-state index contributed by atoms with van der Waals surface area (Å²) >= 11 is 0. The van der Waals surface area contributed by atoms with Crippen molar-refractivity contribution in [3.8, 4) is 0 Å². The van der Waals surface area contributed by atoms with E-state index in [0.717, 1.165) is 5.56 Å². The molecule has 1 rings (SSSR count). The summed E-state index contributed by atoms with van der Waals surface area (Å²) in [4.78, 5) is 10.6. The molecule has 0 radical (unpaired) electrons. The highest BCUT2D eigenvalue weighted by Crippen LogP contribution is 2.16. The van der Waals surface area contributed by atoms with Crippen molar-refractivity contribution < 1.29 is 15.0 Å². The predicted molar refractivity (Wildman–Crippen MR) is 51.9 cm³/mol. The molecule has 4 heteroatoms. The van der Waals surface area contributed by atoms with E-state index in [1.807, 2.05) is 6.07 Å². The lowest BCUT2D eigenvalue weighted by Gasteiger charge is -2.19. The first-order chi connectivity index (χ1) is 6.66. The molecule has 0 saturated heterocycles. The Kier molecular flexibility index (Phi) is 3.62. The third-order valence-electron chi connectivity index (χ3n) is 2.04. The molecule has 0 aliphatic rings. The number of carbonyl (C=O) groups is 1. The molecule has 4 nitrogen and oxygen atoms in total. The Bertz CT molecular complexity index is 299. The molecule has 3 N–H and O–H groups in total. The molecular weight excluding hydrogens is 182 g/mol. The molecule has 0 aliphatic heterocycles. The fourth-order valence-electron chi connectivity index (χ4n) is 1.31. The zero-order valence-electron chi connectivity index (χ0n) is 7.84. The highest BCUT2D eigenvalue weighted by molar-refractivity contribution is 5.73. The van der Waals surface area contributed by atoms with Crippen molar-refractivity contribution in [1.82, 2.24) is 5.32 Å². The van der Waals surface area contributed by atoms with Crippen molar-refractivity contribution in [2.45, 2.75) is 12.1 Å². The average Bonchev–Trinajstić information content (AvgIpc) is 2.20. The number of hydrogen-bond acceptors (Lipinski definition) is 3. The van der Waals surface area contributed by atoms with Crippen molar-refractivity contribution in [2.75, 3.05) is 7.05 Å². The van der Waals surface area contributed by atoms with Crippen LogP contribution >= 0.6 is 0 Å². The maximum Gasteiger partial charge on any atom is 0.334 e. The molecule has 0 spiro atoms. The van der Waals surface area contributed by atoms with Crippen molar-refractivity contribution in [2.24, 2.45) is 0 Å². The second-order valence-electron chi connectivity index (χ2n) is 2.96. The molecule has 0 aromatic heterocycles. The second kappa shape index (κ2) is 4.74. The molecular formula is C10H13NO3. The monoisotopic (exact) mass is 195 g/mol. The molecule has 1 aromatic rings. The number of hydrogen-bond donors (Lipinski definition) is 3. The van der Waals surface area contributed by atoms with Crippen molar-refractivity contribution >= 4 is 5.97 Å². The lowest BCUT2D eigenvalue weighted by Crippen LogP contribution is -2.35. The first-order valence-electron chi connectivity index (χ1n) is 4.30. The maximum absolute atomic E-state index is 10.6. The molecule has 2 atom stereocenters. The fourth-order valence-corrected chi connectivity index (χ4v) is 1.31. The number of rotatable bonds is 4. The van der Waals surface area contributed by atoms with Crippen LogP contribution in [0, 0.1) is 0 Å². The standard InChI is InChI=1S/C10H13NO3/c1-11-8(9(12)10(13)14)7-5-3-2-4-6-7/h2-6,8-9,11-12H,1H3,(H,13,14). The molecule has 0 heterocycles. The van der Waals surface area contributed by atoms with E-state index in [1.54, 1.807) is 31.3 Å². The van der Waals surface area contributed by atoms with E-state index in [2.05, 4.69) is 5.32 Å². The zero-order chi connectivity index (χ0) is 10.6. The first-order valence-corrected chi connectivity index (χ1v) is 4.30. The summed E-state index contributed by atoms with van der Waals surface area (Å²) < 4.78 is 0. The predicted octanol–water partition coefficient (Wildman–Crippen LogP) is 0.393. The minimum absolute atomic E-state index is 0.575. The van der Waals surface area contributed by atoms with Gasteiger partial charge in [-0.3, -0.25) is 0 Å². The second-order valence-corrected chi connectivity index (χ2v) is 2.96. The van der Waals surface area contributed by atoms with Gasteiger partial charge >= 0.3 is 5.97 Å². The Morgan fingerprint density at radius 3 is 2.36 bits per heavy atom. The van der Waals surface area contributed by atoms with E-state index >= 15 is 0 Å². The SMILES string of the molecule is CNC(c1ccccc1)C(O)C(=O)O. The number of carboxylic acids is 1. The van der Waals surface area contributed by atoms with Crippen LogP contribution in [-0.2, 0) is 4.79 Å². The van der Waals surface area contributed by atoms with Gasteiger partial charge in [0.1, 0.15) is 0 Å². The quantitative estimate of drug-likeness (QED) is 0.650. The molecule has 2 unspecified atom stereocenters. The van der Waals surface area contributed by atoms with Crippen LogP contribution in [0.4, 0.5) is 0 Å². The van der Waals surface area contributed by atoms with E-state index in [0.29, 0.717) is 0 Å². The van der Waals surface area contributed by atoms with Crippen LogP contribution in [0.3, 0.4) is 0 Å². The van der Waals surface area contributed by atoms with Gasteiger partial charge in [0.15, 0.2) is 6.10 Å². The van der Waals surface area contributed by atoms with Crippen LogP contribution in [0.2, 0.25) is 0 Å². The number of aliphatic hydroxyl groups is 1. The molecule has 14 heavy (non-hydrogen) atoms. The van der Waals surface area contributed by atoms with Crippen LogP contribution in [0.1, 0.15) is 11.6 Å². The maximum atomic E-state index is 10.6. The largest absolute Gasteiger partial charge is 0.479 e. The normalized spacial score (nSPS) is 14.7. The molecule has 76 valence electrons. The van der Waals surface area contributed by atoms with Gasteiger partial charge in [-0.15, -0.1) is 0 Å². The van der Waals surface area contributed by atoms with Gasteiger partial charge in [0, 0.05) is 0 Å². The van der Waals surface area contributed by atoms with E-state index in [1.165, 1.54) is 0 Å². The van der Waals surface area contributed by atoms with Gasteiger partial charge in [-0.05, 0) is 12.6 Å². The summed E-state index contributed by atoms with van der Waals surface area (Å²) in [5.74, 6) is -1.23. The van der Waals surface area contributed by atoms with Crippen molar-refractivity contribution in [3.63, 3.8) is 0 Å². The molecule has 0 bridgehead atoms. The summed E-state index contributed by atoms with van der Waals surface area (Å²) in [6, 6.07) is 8.40. The van der Waals surface area contributed by atoms with Gasteiger partial charge in [0.25, 0.3) is 0 Å². The van der Waals surface area contributed by atoms with Crippen LogP contribution in [0.5, 0.6) is 0 Å². The summed E-state index contributed by atoms with van der Waals surface area (Å²) in [5, 5.41) is 20.8. The summed E-state index contributed by atoms with van der Waals surface area (Å²) in [5.41, 5.74) is 0.755. The number of likely N-dealkylation sites (N-methyl/N-ethyl adjacent to an activating group) is 1. The Morgan fingerprint density at radius 2 is 1.93 bits per heavy atom. The number of aliphatic carboxylic acids is 1. The van der Waals surface area contributed by atoms with Crippen molar-refractivity contribution in [1.29, 1.82) is 0 Å². The Balaban J connectivity index is 2.87. The number of benzene rings is 1. The van der Waals surface area contributed by atoms with Crippen molar-refractivity contribution in [3.05, 3.63) is 35.9 Å². The first kappa shape index (κ1) is 10.7. The third kappa shape index (κ3) is 2.31. The lowest BCUT2D eigenvalue weighted by molar-refractivity contribution is -0.148. The lowest BCUT2D eigenvalue weighted by atomic mass is 10.0. The summed E-state index contributed by atoms with van der Waals surface area (Å²) in [7, 11) is 1.61. The fraction of sp³-hybridized carbons (Fsp3) is 0.300. The van der Waals surface area contributed by atoms with Crippen LogP contribution in [0.25, 0.3) is 0 Å². The van der Waals surface area contributed by atoms with E-state index in [-0.39, 0.29) is 0 Å². The van der Waals surface area contributed by atoms with Gasteiger partial charge in [-0.1, -0.05) is 30.3 Å². The van der Waals surface area contributed by atoms with E-state index < -0.39 is 18.1 Å². The minimum atomic E-state index is -1.43. The van der Waals surface area contributed by atoms with Gasteiger partial charge in [-0.2, -0.15) is 0 Å². The summed E-state index contributed by atoms with van der Waals surface area (Å²) in [6.45, 7) is 0. The minimum Gasteiger partial charge on any atom is -0.479 e. The Hall–Kier alpha value is -1.39. The molecule has 0 fully saturated rings. The highest BCUT2D eigenvalue weighted by Gasteiger charge is 2.25. The van der Waals surface area contributed by atoms with E-state index in [4.69, 9.17) is 5.11 Å². The Morgan fingerprint density at radius 1 is 1.36 bits per heavy atom.